The van der Waals surface area contributed by atoms with E-state index < -0.39 is 0 Å². The molecule has 0 unspecified atom stereocenters. The maximum absolute atomic E-state index is 4.47. The van der Waals surface area contributed by atoms with Crippen LogP contribution in [0.4, 0.5) is 0 Å². The van der Waals surface area contributed by atoms with Crippen LogP contribution in [-0.4, -0.2) is 6.61 Å². The van der Waals surface area contributed by atoms with E-state index in [9.17, 15) is 0 Å². The van der Waals surface area contributed by atoms with Gasteiger partial charge in [0, 0.05) is 0 Å². The highest BCUT2D eigenvalue weighted by atomic mass is 16.5. The second-order valence-electron chi connectivity index (χ2n) is 0.714. The van der Waals surface area contributed by atoms with E-state index in [0.29, 0.717) is 6.61 Å². The summed E-state index contributed by atoms with van der Waals surface area (Å²) in [4.78, 5) is 3.49. The van der Waals surface area contributed by atoms with Crippen molar-refractivity contribution >= 4 is 0 Å². The average Bonchev–Trinajstić information content (AvgIpc) is 1.76. The minimum absolute atomic E-state index is 0.597. The van der Waals surface area contributed by atoms with Crippen molar-refractivity contribution in [3.63, 3.8) is 0 Å². The second-order valence-corrected chi connectivity index (χ2v) is 0.714. The number of nitrogens with zero attached hydrogens (tertiary/aromatic N) is 1. The van der Waals surface area contributed by atoms with Crippen LogP contribution in [0.25, 0.3) is 4.85 Å². The van der Waals surface area contributed by atoms with Gasteiger partial charge in [0.2, 0.25) is 0 Å². The molecule has 1 radical (unpaired) electrons. The van der Waals surface area contributed by atoms with Gasteiger partial charge in [0.25, 0.3) is 0 Å². The summed E-state index contributed by atoms with van der Waals surface area (Å²) in [6, 6.07) is 0. The Hall–Kier alpha value is -0.710. The van der Waals surface area contributed by atoms with E-state index in [1.807, 2.05) is 0 Å². The van der Waals surface area contributed by atoms with E-state index in [0.717, 1.165) is 0 Å². The van der Waals surface area contributed by atoms with Gasteiger partial charge in [0.1, 0.15) is 0 Å². The lowest BCUT2D eigenvalue weighted by molar-refractivity contribution is 0.325. The van der Waals surface area contributed by atoms with E-state index >= 15 is 0 Å². The molecule has 1 aliphatic rings. The van der Waals surface area contributed by atoms with Gasteiger partial charge in [-0.15, -0.1) is 0 Å². The molecule has 0 atom stereocenters. The van der Waals surface area contributed by atoms with Gasteiger partial charge in [-0.2, -0.15) is 0 Å². The largest absolute Gasteiger partial charge is 0.515 e. The van der Waals surface area contributed by atoms with Gasteiger partial charge in [0.15, 0.2) is 6.61 Å². The molecule has 0 saturated heterocycles. The van der Waals surface area contributed by atoms with E-state index in [4.69, 9.17) is 0 Å². The van der Waals surface area contributed by atoms with Crippen molar-refractivity contribution in [3.8, 4) is 6.26 Å². The van der Waals surface area contributed by atoms with Gasteiger partial charge in [-0.25, -0.2) is 0 Å². The Kier molecular flexibility index (Phi) is 0.473. The summed E-state index contributed by atoms with van der Waals surface area (Å²) in [5, 5.41) is 0. The number of hydrogen-bond acceptors (Lipinski definition) is 1. The average molecular weight is 69.1 g/mol. The van der Waals surface area contributed by atoms with Gasteiger partial charge in [0.05, 0.1) is 0 Å². The first-order valence-corrected chi connectivity index (χ1v) is 1.38. The minimum Gasteiger partial charge on any atom is -0.384 e. The van der Waals surface area contributed by atoms with Crippen molar-refractivity contribution in [1.82, 2.24) is 0 Å². The SMILES string of the molecule is C1#[N+][CH]CO1. The molecule has 1 aliphatic heterocycles. The first-order chi connectivity index (χ1) is 2.50. The molecule has 2 nitrogen and oxygen atoms in total. The predicted octanol–water partition coefficient (Wildman–Crippen LogP) is 0.469. The summed E-state index contributed by atoms with van der Waals surface area (Å²) >= 11 is 0. The molecule has 0 aliphatic carbocycles. The highest BCUT2D eigenvalue weighted by Gasteiger charge is 2.02. The van der Waals surface area contributed by atoms with Crippen molar-refractivity contribution in [2.24, 2.45) is 0 Å². The molecule has 0 saturated carbocycles. The Morgan fingerprint density at radius 1 is 2.00 bits per heavy atom. The molecule has 1 rings (SSSR count). The summed E-state index contributed by atoms with van der Waals surface area (Å²) in [7, 11) is 0. The number of rotatable bonds is 0. The zero-order chi connectivity index (χ0) is 3.54. The molecule has 0 bridgehead atoms. The van der Waals surface area contributed by atoms with Crippen LogP contribution in [0.3, 0.4) is 0 Å². The van der Waals surface area contributed by atoms with Crippen LogP contribution in [0.1, 0.15) is 0 Å². The van der Waals surface area contributed by atoms with Crippen LogP contribution < -0.4 is 0 Å². The fourth-order valence-electron chi connectivity index (χ4n) is 0.186. The minimum atomic E-state index is 0.597. The third-order valence-electron chi connectivity index (χ3n) is 0.366. The lowest BCUT2D eigenvalue weighted by atomic mass is 10.8. The first kappa shape index (κ1) is 2.52. The lowest BCUT2D eigenvalue weighted by Gasteiger charge is -1.62. The fourth-order valence-corrected chi connectivity index (χ4v) is 0.186. The summed E-state index contributed by atoms with van der Waals surface area (Å²) in [5.41, 5.74) is 0. The van der Waals surface area contributed by atoms with Crippen LogP contribution in [0.5, 0.6) is 0 Å². The van der Waals surface area contributed by atoms with Crippen molar-refractivity contribution in [1.29, 1.82) is 0 Å². The van der Waals surface area contributed by atoms with Crippen molar-refractivity contribution < 1.29 is 4.74 Å². The third-order valence-corrected chi connectivity index (χ3v) is 0.366. The molecule has 0 spiro atoms. The Morgan fingerprint density at radius 2 is 3.00 bits per heavy atom. The van der Waals surface area contributed by atoms with Gasteiger partial charge < -0.3 is 4.74 Å². The van der Waals surface area contributed by atoms with Crippen LogP contribution in [0.2, 0.25) is 0 Å². The van der Waals surface area contributed by atoms with E-state index in [1.165, 1.54) is 0 Å². The van der Waals surface area contributed by atoms with Gasteiger partial charge in [-0.3, -0.25) is 0 Å². The Morgan fingerprint density at radius 3 is 3.20 bits per heavy atom. The monoisotopic (exact) mass is 69.0 g/mol. The maximum atomic E-state index is 4.47. The van der Waals surface area contributed by atoms with Crippen LogP contribution in [-0.2, 0) is 4.74 Å². The molecule has 0 fully saturated rings. The first-order valence-electron chi connectivity index (χ1n) is 1.38. The third kappa shape index (κ3) is 0.297. The number of hydrogen-bond donors (Lipinski definition) is 0. The molecular formula is C3H3NO+. The van der Waals surface area contributed by atoms with E-state index in [-0.39, 0.29) is 0 Å². The normalized spacial score (nSPS) is 16.0. The summed E-state index contributed by atoms with van der Waals surface area (Å²) < 4.78 is 4.47. The van der Waals surface area contributed by atoms with Crippen molar-refractivity contribution in [3.05, 3.63) is 11.4 Å². The van der Waals surface area contributed by atoms with E-state index in [1.54, 1.807) is 6.54 Å². The molecule has 0 N–H and O–H groups in total. The summed E-state index contributed by atoms with van der Waals surface area (Å²) in [6.07, 6.45) is 2.29. The smallest absolute Gasteiger partial charge is 0.384 e. The number of ether oxygens (including phenoxy) is 1. The van der Waals surface area contributed by atoms with Crippen LogP contribution >= 0.6 is 0 Å². The predicted molar refractivity (Wildman–Crippen MR) is 17.5 cm³/mol. The second kappa shape index (κ2) is 0.937. The maximum Gasteiger partial charge on any atom is 0.515 e. The zero-order valence-corrected chi connectivity index (χ0v) is 2.64. The van der Waals surface area contributed by atoms with Crippen LogP contribution in [0, 0.1) is 12.8 Å². The lowest BCUT2D eigenvalue weighted by Crippen LogP contribution is -1.73. The van der Waals surface area contributed by atoms with Gasteiger partial charge >= 0.3 is 12.8 Å². The highest BCUT2D eigenvalue weighted by Crippen LogP contribution is 1.87. The Balaban J connectivity index is 2.42. The molecule has 0 aromatic carbocycles. The summed E-state index contributed by atoms with van der Waals surface area (Å²) in [6.45, 7) is 2.25. The molecule has 0 aromatic heterocycles. The molecule has 1 heterocycles. The van der Waals surface area contributed by atoms with Gasteiger partial charge in [-0.1, -0.05) is 0 Å². The zero-order valence-electron chi connectivity index (χ0n) is 2.64. The highest BCUT2D eigenvalue weighted by molar-refractivity contribution is 4.92. The molecule has 2 heteroatoms. The Bertz CT molecular complexity index is 70.6. The standard InChI is InChI=1S/C3H3NO/c1-2-5-3-4-1/h1H,2H2/q+1. The quantitative estimate of drug-likeness (QED) is 0.377. The molecular weight excluding hydrogens is 66.0 g/mol. The Labute approximate surface area is 30.2 Å². The van der Waals surface area contributed by atoms with Gasteiger partial charge in [-0.05, 0) is 4.85 Å². The molecule has 0 aromatic rings. The van der Waals surface area contributed by atoms with E-state index in [2.05, 4.69) is 15.8 Å². The molecule has 5 heavy (non-hydrogen) atoms. The van der Waals surface area contributed by atoms with Crippen molar-refractivity contribution in [2.45, 2.75) is 0 Å². The topological polar surface area (TPSA) is 13.6 Å². The molecule has 0 amide bonds. The van der Waals surface area contributed by atoms with Crippen LogP contribution in [0.15, 0.2) is 0 Å². The fraction of sp³-hybridized carbons (Fsp3) is 0.333. The molecule has 25 valence electrons. The van der Waals surface area contributed by atoms with Crippen molar-refractivity contribution in [2.75, 3.05) is 6.61 Å². The summed E-state index contributed by atoms with van der Waals surface area (Å²) in [5.74, 6) is 0.